The highest BCUT2D eigenvalue weighted by Gasteiger charge is 2.30. The van der Waals surface area contributed by atoms with Crippen molar-refractivity contribution >= 4 is 28.2 Å². The van der Waals surface area contributed by atoms with E-state index in [0.29, 0.717) is 19.0 Å². The van der Waals surface area contributed by atoms with Gasteiger partial charge in [0.15, 0.2) is 0 Å². The van der Waals surface area contributed by atoms with Gasteiger partial charge in [0.05, 0.1) is 10.9 Å². The van der Waals surface area contributed by atoms with Crippen LogP contribution in [0.3, 0.4) is 0 Å². The maximum atomic E-state index is 12.4. The average Bonchev–Trinajstić information content (AvgIpc) is 3.15. The summed E-state index contributed by atoms with van der Waals surface area (Å²) in [5.74, 6) is 0.347. The van der Waals surface area contributed by atoms with Crippen LogP contribution in [0.5, 0.6) is 0 Å². The van der Waals surface area contributed by atoms with E-state index in [1.165, 1.54) is 4.88 Å². The Morgan fingerprint density at radius 1 is 1.42 bits per heavy atom. The fourth-order valence-corrected chi connectivity index (χ4v) is 3.51. The number of rotatable bonds is 6. The molecule has 1 fully saturated rings. The molecule has 0 radical (unpaired) electrons. The zero-order valence-electron chi connectivity index (χ0n) is 14.9. The predicted molar refractivity (Wildman–Crippen MR) is 99.4 cm³/mol. The second kappa shape index (κ2) is 8.44. The summed E-state index contributed by atoms with van der Waals surface area (Å²) in [6.45, 7) is 6.16. The van der Waals surface area contributed by atoms with Gasteiger partial charge in [0.2, 0.25) is 11.8 Å². The molecule has 1 saturated heterocycles. The normalized spacial score (nSPS) is 18.1. The maximum Gasteiger partial charge on any atom is 0.246 e. The van der Waals surface area contributed by atoms with Gasteiger partial charge in [0.1, 0.15) is 0 Å². The van der Waals surface area contributed by atoms with E-state index in [-0.39, 0.29) is 17.7 Å². The highest BCUT2D eigenvalue weighted by Crippen LogP contribution is 2.29. The van der Waals surface area contributed by atoms with Crippen LogP contribution < -0.4 is 5.32 Å². The summed E-state index contributed by atoms with van der Waals surface area (Å²) in [7, 11) is 3.92. The summed E-state index contributed by atoms with van der Waals surface area (Å²) < 4.78 is 0. The van der Waals surface area contributed by atoms with Crippen LogP contribution in [-0.2, 0) is 9.59 Å². The van der Waals surface area contributed by atoms with Gasteiger partial charge in [-0.2, -0.15) is 0 Å². The molecule has 0 aliphatic carbocycles. The first-order chi connectivity index (χ1) is 11.4. The number of anilines is 1. The number of carbonyl (C=O) groups excluding carboxylic acids is 2. The Balaban J connectivity index is 1.84. The first kappa shape index (κ1) is 18.7. The van der Waals surface area contributed by atoms with Crippen LogP contribution in [0.25, 0.3) is 0 Å². The molecule has 5 nitrogen and oxygen atoms in total. The fraction of sp³-hybridized carbons (Fsp3) is 0.556. The molecule has 0 bridgehead atoms. The molecule has 24 heavy (non-hydrogen) atoms. The lowest BCUT2D eigenvalue weighted by atomic mass is 10.1. The molecule has 1 N–H and O–H groups in total. The van der Waals surface area contributed by atoms with Crippen molar-refractivity contribution in [1.29, 1.82) is 0 Å². The minimum absolute atomic E-state index is 0.00892. The number of hydrogen-bond acceptors (Lipinski definition) is 4. The van der Waals surface area contributed by atoms with Gasteiger partial charge < -0.3 is 15.1 Å². The van der Waals surface area contributed by atoms with Gasteiger partial charge in [-0.15, -0.1) is 11.3 Å². The molecule has 1 aromatic rings. The first-order valence-electron chi connectivity index (χ1n) is 8.37. The lowest BCUT2D eigenvalue weighted by Crippen LogP contribution is -2.30. The van der Waals surface area contributed by atoms with Gasteiger partial charge in [0.25, 0.3) is 0 Å². The molecule has 0 spiro atoms. The predicted octanol–water partition coefficient (Wildman–Crippen LogP) is 2.78. The van der Waals surface area contributed by atoms with E-state index in [4.69, 9.17) is 0 Å². The van der Waals surface area contributed by atoms with E-state index in [2.05, 4.69) is 25.2 Å². The Labute approximate surface area is 148 Å². The van der Waals surface area contributed by atoms with Crippen LogP contribution in [0.1, 0.15) is 31.1 Å². The summed E-state index contributed by atoms with van der Waals surface area (Å²) in [5.41, 5.74) is 0. The monoisotopic (exact) mass is 349 g/mol. The van der Waals surface area contributed by atoms with Gasteiger partial charge in [-0.3, -0.25) is 9.59 Å². The van der Waals surface area contributed by atoms with Gasteiger partial charge in [-0.1, -0.05) is 19.9 Å². The minimum atomic E-state index is -0.124. The van der Waals surface area contributed by atoms with Crippen LogP contribution in [0, 0.1) is 5.92 Å². The van der Waals surface area contributed by atoms with Crippen molar-refractivity contribution in [2.24, 2.45) is 5.92 Å². The largest absolute Gasteiger partial charge is 0.338 e. The third-order valence-corrected chi connectivity index (χ3v) is 5.35. The molecular formula is C18H27N3O2S. The van der Waals surface area contributed by atoms with E-state index in [1.54, 1.807) is 22.3 Å². The Morgan fingerprint density at radius 3 is 2.79 bits per heavy atom. The lowest BCUT2D eigenvalue weighted by molar-refractivity contribution is -0.125. The number of nitrogens with zero attached hydrogens (tertiary/aromatic N) is 2. The van der Waals surface area contributed by atoms with Crippen molar-refractivity contribution in [3.8, 4) is 0 Å². The van der Waals surface area contributed by atoms with Gasteiger partial charge in [-0.25, -0.2) is 0 Å². The SMILES string of the molecule is CC(C)c1ccc(NC(=O)C2CCN(C(=O)/C=C/CN(C)C)C2)s1. The van der Waals surface area contributed by atoms with E-state index in [9.17, 15) is 9.59 Å². The third-order valence-electron chi connectivity index (χ3n) is 4.04. The number of carbonyl (C=O) groups is 2. The summed E-state index contributed by atoms with van der Waals surface area (Å²) >= 11 is 1.62. The molecule has 2 rings (SSSR count). The van der Waals surface area contributed by atoms with Crippen LogP contribution in [0.15, 0.2) is 24.3 Å². The Morgan fingerprint density at radius 2 is 2.17 bits per heavy atom. The van der Waals surface area contributed by atoms with E-state index >= 15 is 0 Å². The van der Waals surface area contributed by atoms with Gasteiger partial charge >= 0.3 is 0 Å². The molecule has 0 saturated carbocycles. The van der Waals surface area contributed by atoms with Crippen molar-refractivity contribution in [3.05, 3.63) is 29.2 Å². The zero-order valence-corrected chi connectivity index (χ0v) is 15.7. The number of hydrogen-bond donors (Lipinski definition) is 1. The highest BCUT2D eigenvalue weighted by molar-refractivity contribution is 7.16. The van der Waals surface area contributed by atoms with E-state index in [0.717, 1.165) is 18.0 Å². The summed E-state index contributed by atoms with van der Waals surface area (Å²) in [6.07, 6.45) is 4.19. The number of likely N-dealkylation sites (tertiary alicyclic amines) is 1. The second-order valence-corrected chi connectivity index (χ2v) is 7.90. The summed E-state index contributed by atoms with van der Waals surface area (Å²) in [5, 5.41) is 3.88. The van der Waals surface area contributed by atoms with Crippen molar-refractivity contribution in [1.82, 2.24) is 9.80 Å². The maximum absolute atomic E-state index is 12.4. The molecule has 2 heterocycles. The Hall–Kier alpha value is -1.66. The standard InChI is InChI=1S/C18H27N3O2S/c1-13(2)15-7-8-16(24-15)19-18(23)14-9-11-21(12-14)17(22)6-5-10-20(3)4/h5-8,13-14H,9-12H2,1-4H3,(H,19,23)/b6-5+. The highest BCUT2D eigenvalue weighted by atomic mass is 32.1. The Kier molecular flexibility index (Phi) is 6.57. The molecule has 1 aliphatic rings. The lowest BCUT2D eigenvalue weighted by Gasteiger charge is -2.14. The number of likely N-dealkylation sites (N-methyl/N-ethyl adjacent to an activating group) is 1. The number of amides is 2. The van der Waals surface area contributed by atoms with Crippen molar-refractivity contribution in [2.75, 3.05) is 39.0 Å². The molecule has 1 aliphatic heterocycles. The number of thiophene rings is 1. The van der Waals surface area contributed by atoms with Gasteiger partial charge in [0, 0.05) is 30.6 Å². The minimum Gasteiger partial charge on any atom is -0.338 e. The molecule has 132 valence electrons. The van der Waals surface area contributed by atoms with Gasteiger partial charge in [-0.05, 0) is 38.6 Å². The van der Waals surface area contributed by atoms with Crippen LogP contribution in [-0.4, -0.2) is 55.3 Å². The smallest absolute Gasteiger partial charge is 0.246 e. The molecule has 1 unspecified atom stereocenters. The fourth-order valence-electron chi connectivity index (χ4n) is 2.60. The molecule has 2 amide bonds. The van der Waals surface area contributed by atoms with Crippen molar-refractivity contribution in [3.63, 3.8) is 0 Å². The van der Waals surface area contributed by atoms with Crippen LogP contribution in [0.2, 0.25) is 0 Å². The van der Waals surface area contributed by atoms with Crippen molar-refractivity contribution in [2.45, 2.75) is 26.2 Å². The average molecular weight is 350 g/mol. The summed E-state index contributed by atoms with van der Waals surface area (Å²) in [6, 6.07) is 4.02. The second-order valence-electron chi connectivity index (χ2n) is 6.78. The molecule has 1 aromatic heterocycles. The third kappa shape index (κ3) is 5.18. The molecule has 6 heteroatoms. The van der Waals surface area contributed by atoms with E-state index in [1.807, 2.05) is 31.1 Å². The van der Waals surface area contributed by atoms with Crippen LogP contribution >= 0.6 is 11.3 Å². The molecular weight excluding hydrogens is 322 g/mol. The summed E-state index contributed by atoms with van der Waals surface area (Å²) in [4.78, 5) is 29.5. The van der Waals surface area contributed by atoms with E-state index < -0.39 is 0 Å². The number of nitrogens with one attached hydrogen (secondary N) is 1. The first-order valence-corrected chi connectivity index (χ1v) is 9.19. The quantitative estimate of drug-likeness (QED) is 0.804. The molecule has 0 aromatic carbocycles. The Bertz CT molecular complexity index is 607. The molecule has 1 atom stereocenters. The topological polar surface area (TPSA) is 52.7 Å². The zero-order chi connectivity index (χ0) is 17.7. The van der Waals surface area contributed by atoms with Crippen molar-refractivity contribution < 1.29 is 9.59 Å². The van der Waals surface area contributed by atoms with Crippen LogP contribution in [0.4, 0.5) is 5.00 Å².